The molecule has 0 aromatic heterocycles. The number of benzene rings is 3. The first kappa shape index (κ1) is 18.2. The lowest BCUT2D eigenvalue weighted by atomic mass is 10.1. The second kappa shape index (κ2) is 9.20. The molecule has 0 aliphatic carbocycles. The minimum absolute atomic E-state index is 0.111. The van der Waals surface area contributed by atoms with Crippen LogP contribution in [-0.2, 0) is 4.79 Å². The summed E-state index contributed by atoms with van der Waals surface area (Å²) in [4.78, 5) is 11.9. The number of nitrogens with one attached hydrogen (secondary N) is 1. The average molecular weight is 360 g/mol. The molecule has 3 aromatic carbocycles. The van der Waals surface area contributed by atoms with Gasteiger partial charge in [0.2, 0.25) is 0 Å². The summed E-state index contributed by atoms with van der Waals surface area (Å²) >= 11 is 0. The molecule has 136 valence electrons. The van der Waals surface area contributed by atoms with Crippen molar-refractivity contribution in [2.24, 2.45) is 5.10 Å². The van der Waals surface area contributed by atoms with Gasteiger partial charge >= 0.3 is 0 Å². The molecule has 1 N–H and O–H groups in total. The molecular weight excluding hydrogens is 340 g/mol. The maximum absolute atomic E-state index is 11.9. The summed E-state index contributed by atoms with van der Waals surface area (Å²) in [7, 11) is 0. The largest absolute Gasteiger partial charge is 0.490 e. The Labute approximate surface area is 157 Å². The highest BCUT2D eigenvalue weighted by Gasteiger charge is 2.04. The number of carbonyl (C=O) groups is 1. The van der Waals surface area contributed by atoms with Crippen LogP contribution in [0.4, 0.5) is 0 Å². The normalized spacial score (nSPS) is 10.7. The number of fused-ring (bicyclic) bond motifs is 1. The van der Waals surface area contributed by atoms with Crippen LogP contribution >= 0.6 is 0 Å². The molecule has 3 rings (SSSR count). The number of carbonyl (C=O) groups excluding carboxylic acids is 1. The van der Waals surface area contributed by atoms with Gasteiger partial charge in [-0.3, -0.25) is 4.79 Å². The summed E-state index contributed by atoms with van der Waals surface area (Å²) in [5.74, 6) is 1.09. The Morgan fingerprint density at radius 2 is 1.78 bits per heavy atom. The topological polar surface area (TPSA) is 59.9 Å². The van der Waals surface area contributed by atoms with E-state index in [1.165, 1.54) is 0 Å². The monoisotopic (exact) mass is 360 g/mol. The maximum atomic E-state index is 11.9. The number of amides is 1. The Balaban J connectivity index is 1.50. The van der Waals surface area contributed by atoms with Gasteiger partial charge in [-0.05, 0) is 41.3 Å². The van der Waals surface area contributed by atoms with Gasteiger partial charge < -0.3 is 9.47 Å². The van der Waals surface area contributed by atoms with Gasteiger partial charge in [0.05, 0.1) is 6.21 Å². The SMILES string of the molecule is C=CCOc1ccc(C=NNC(=O)COc2cccc3ccccc23)cc1. The lowest BCUT2D eigenvalue weighted by Gasteiger charge is -2.08. The van der Waals surface area contributed by atoms with Gasteiger partial charge in [-0.25, -0.2) is 5.43 Å². The van der Waals surface area contributed by atoms with E-state index in [2.05, 4.69) is 17.1 Å². The van der Waals surface area contributed by atoms with Gasteiger partial charge in [-0.2, -0.15) is 5.10 Å². The van der Waals surface area contributed by atoms with Crippen LogP contribution in [0.25, 0.3) is 10.8 Å². The third-order valence-electron chi connectivity index (χ3n) is 3.76. The molecule has 0 fully saturated rings. The van der Waals surface area contributed by atoms with Crippen molar-refractivity contribution in [1.29, 1.82) is 0 Å². The summed E-state index contributed by atoms with van der Waals surface area (Å²) in [6, 6.07) is 21.0. The van der Waals surface area contributed by atoms with Crippen LogP contribution in [0.1, 0.15) is 5.56 Å². The minimum atomic E-state index is -0.329. The number of ether oxygens (including phenoxy) is 2. The van der Waals surface area contributed by atoms with Crippen LogP contribution in [0.15, 0.2) is 84.5 Å². The molecule has 0 heterocycles. The molecule has 5 nitrogen and oxygen atoms in total. The van der Waals surface area contributed by atoms with Gasteiger partial charge in [-0.15, -0.1) is 0 Å². The molecule has 0 aliphatic heterocycles. The van der Waals surface area contributed by atoms with Crippen LogP contribution in [0.3, 0.4) is 0 Å². The standard InChI is InChI=1S/C22H20N2O3/c1-2-14-26-19-12-10-17(11-13-19)15-23-24-22(25)16-27-21-9-5-7-18-6-3-4-8-20(18)21/h2-13,15H,1,14,16H2,(H,24,25). The van der Waals surface area contributed by atoms with E-state index in [1.807, 2.05) is 66.7 Å². The molecule has 0 bridgehead atoms. The molecule has 0 unspecified atom stereocenters. The van der Waals surface area contributed by atoms with Gasteiger partial charge in [0.25, 0.3) is 5.91 Å². The number of nitrogens with zero attached hydrogens (tertiary/aromatic N) is 1. The van der Waals surface area contributed by atoms with Gasteiger partial charge in [0.15, 0.2) is 6.61 Å². The number of rotatable bonds is 8. The molecule has 0 radical (unpaired) electrons. The Bertz CT molecular complexity index is 944. The molecule has 0 saturated heterocycles. The molecule has 3 aromatic rings. The molecular formula is C22H20N2O3. The van der Waals surface area contributed by atoms with Crippen molar-refractivity contribution in [3.63, 3.8) is 0 Å². The zero-order valence-corrected chi connectivity index (χ0v) is 14.8. The molecule has 0 spiro atoms. The van der Waals surface area contributed by atoms with Crippen molar-refractivity contribution < 1.29 is 14.3 Å². The molecule has 5 heteroatoms. The summed E-state index contributed by atoms with van der Waals surface area (Å²) < 4.78 is 11.0. The second-order valence-electron chi connectivity index (χ2n) is 5.73. The average Bonchev–Trinajstić information content (AvgIpc) is 2.71. The minimum Gasteiger partial charge on any atom is -0.490 e. The van der Waals surface area contributed by atoms with Crippen molar-refractivity contribution >= 4 is 22.9 Å². The quantitative estimate of drug-likeness (QED) is 0.376. The Morgan fingerprint density at radius 1 is 1.00 bits per heavy atom. The van der Waals surface area contributed by atoms with Crippen LogP contribution < -0.4 is 14.9 Å². The van der Waals surface area contributed by atoms with Crippen molar-refractivity contribution in [2.45, 2.75) is 0 Å². The fourth-order valence-corrected chi connectivity index (χ4v) is 2.48. The van der Waals surface area contributed by atoms with Crippen molar-refractivity contribution in [2.75, 3.05) is 13.2 Å². The van der Waals surface area contributed by atoms with Gasteiger partial charge in [-0.1, -0.05) is 49.1 Å². The number of hydrazone groups is 1. The smallest absolute Gasteiger partial charge is 0.277 e. The maximum Gasteiger partial charge on any atom is 0.277 e. The van der Waals surface area contributed by atoms with E-state index >= 15 is 0 Å². The van der Waals surface area contributed by atoms with E-state index in [1.54, 1.807) is 12.3 Å². The predicted molar refractivity (Wildman–Crippen MR) is 107 cm³/mol. The zero-order valence-electron chi connectivity index (χ0n) is 14.8. The van der Waals surface area contributed by atoms with Crippen molar-refractivity contribution in [1.82, 2.24) is 5.43 Å². The fraction of sp³-hybridized carbons (Fsp3) is 0.0909. The van der Waals surface area contributed by atoms with Crippen molar-refractivity contribution in [3.05, 3.63) is 84.9 Å². The Hall–Kier alpha value is -3.60. The van der Waals surface area contributed by atoms with Crippen LogP contribution in [-0.4, -0.2) is 25.3 Å². The first-order valence-corrected chi connectivity index (χ1v) is 8.52. The molecule has 27 heavy (non-hydrogen) atoms. The van der Waals surface area contributed by atoms with E-state index in [0.717, 1.165) is 22.1 Å². The third-order valence-corrected chi connectivity index (χ3v) is 3.76. The van der Waals surface area contributed by atoms with E-state index < -0.39 is 0 Å². The van der Waals surface area contributed by atoms with E-state index in [4.69, 9.17) is 9.47 Å². The highest BCUT2D eigenvalue weighted by molar-refractivity contribution is 5.89. The summed E-state index contributed by atoms with van der Waals surface area (Å²) in [6.45, 7) is 3.95. The zero-order chi connectivity index (χ0) is 18.9. The molecule has 0 aliphatic rings. The second-order valence-corrected chi connectivity index (χ2v) is 5.73. The van der Waals surface area contributed by atoms with E-state index in [9.17, 15) is 4.79 Å². The van der Waals surface area contributed by atoms with Gasteiger partial charge in [0, 0.05) is 5.39 Å². The molecule has 1 amide bonds. The molecule has 0 saturated carbocycles. The first-order chi connectivity index (χ1) is 13.3. The predicted octanol–water partition coefficient (Wildman–Crippen LogP) is 3.93. The lowest BCUT2D eigenvalue weighted by Crippen LogP contribution is -2.24. The summed E-state index contributed by atoms with van der Waals surface area (Å²) in [5, 5.41) is 5.98. The highest BCUT2D eigenvalue weighted by atomic mass is 16.5. The molecule has 0 atom stereocenters. The van der Waals surface area contributed by atoms with Crippen LogP contribution in [0.2, 0.25) is 0 Å². The summed E-state index contributed by atoms with van der Waals surface area (Å²) in [6.07, 6.45) is 3.25. The number of hydrogen-bond donors (Lipinski definition) is 1. The van der Waals surface area contributed by atoms with Crippen LogP contribution in [0.5, 0.6) is 11.5 Å². The lowest BCUT2D eigenvalue weighted by molar-refractivity contribution is -0.123. The third kappa shape index (κ3) is 5.19. The first-order valence-electron chi connectivity index (χ1n) is 8.52. The van der Waals surface area contributed by atoms with E-state index in [-0.39, 0.29) is 12.5 Å². The van der Waals surface area contributed by atoms with Crippen LogP contribution in [0, 0.1) is 0 Å². The number of hydrogen-bond acceptors (Lipinski definition) is 4. The highest BCUT2D eigenvalue weighted by Crippen LogP contribution is 2.24. The fourth-order valence-electron chi connectivity index (χ4n) is 2.48. The van der Waals surface area contributed by atoms with Crippen molar-refractivity contribution in [3.8, 4) is 11.5 Å². The Morgan fingerprint density at radius 3 is 2.59 bits per heavy atom. The van der Waals surface area contributed by atoms with Gasteiger partial charge in [0.1, 0.15) is 18.1 Å². The Kier molecular flexibility index (Phi) is 6.20. The van der Waals surface area contributed by atoms with E-state index in [0.29, 0.717) is 12.4 Å². The summed E-state index contributed by atoms with van der Waals surface area (Å²) in [5.41, 5.74) is 3.30.